The molecule has 7 nitrogen and oxygen atoms in total. The number of carbonyl (C=O) groups excluding carboxylic acids is 4. The van der Waals surface area contributed by atoms with Crippen LogP contribution in [0.4, 0.5) is 0 Å². The molecule has 2 N–H and O–H groups in total. The maximum absolute atomic E-state index is 12.1. The van der Waals surface area contributed by atoms with Gasteiger partial charge in [0.15, 0.2) is 11.6 Å². The van der Waals surface area contributed by atoms with Gasteiger partial charge in [0.25, 0.3) is 0 Å². The second-order valence-electron chi connectivity index (χ2n) is 5.19. The summed E-state index contributed by atoms with van der Waals surface area (Å²) in [5.41, 5.74) is -0.932. The van der Waals surface area contributed by atoms with Crippen LogP contribution in [0.3, 0.4) is 0 Å². The molecule has 0 fully saturated rings. The van der Waals surface area contributed by atoms with Gasteiger partial charge in [-0.1, -0.05) is 12.1 Å². The van der Waals surface area contributed by atoms with Crippen molar-refractivity contribution in [3.8, 4) is 11.5 Å². The third-order valence-corrected chi connectivity index (χ3v) is 3.46. The fourth-order valence-corrected chi connectivity index (χ4v) is 2.18. The minimum absolute atomic E-state index is 0.0941. The summed E-state index contributed by atoms with van der Waals surface area (Å²) in [5, 5.41) is 19.9. The number of esters is 2. The van der Waals surface area contributed by atoms with E-state index in [1.165, 1.54) is 50.2 Å². The Morgan fingerprint density at radius 3 is 1.32 bits per heavy atom. The van der Waals surface area contributed by atoms with Crippen LogP contribution >= 0.6 is 0 Å². The van der Waals surface area contributed by atoms with E-state index in [1.54, 1.807) is 0 Å². The van der Waals surface area contributed by atoms with E-state index < -0.39 is 35.0 Å². The van der Waals surface area contributed by atoms with Crippen LogP contribution < -0.4 is 0 Å². The van der Waals surface area contributed by atoms with Gasteiger partial charge in [-0.05, 0) is 38.1 Å². The highest BCUT2D eigenvalue weighted by Crippen LogP contribution is 2.26. The molecule has 0 atom stereocenters. The standard InChI is InChI=1S/C18H14O7/c1-9(19)11-5-3-7-13(15(11)21)17(23)25-18(24)14-8-4-6-12(10(2)20)16(14)22/h3-8,21-22H,1-2H3. The van der Waals surface area contributed by atoms with E-state index in [4.69, 9.17) is 0 Å². The molecule has 0 aliphatic carbocycles. The number of Topliss-reactive ketones (excluding diaryl/α,β-unsaturated/α-hetero) is 2. The molecular formula is C18H14O7. The second kappa shape index (κ2) is 6.96. The van der Waals surface area contributed by atoms with Gasteiger partial charge in [0, 0.05) is 0 Å². The fourth-order valence-electron chi connectivity index (χ4n) is 2.18. The topological polar surface area (TPSA) is 118 Å². The van der Waals surface area contributed by atoms with Crippen LogP contribution in [-0.4, -0.2) is 33.7 Å². The molecule has 0 amide bonds. The Morgan fingerprint density at radius 2 is 1.00 bits per heavy atom. The zero-order chi connectivity index (χ0) is 18.7. The van der Waals surface area contributed by atoms with Crippen molar-refractivity contribution in [3.63, 3.8) is 0 Å². The maximum Gasteiger partial charge on any atom is 0.349 e. The normalized spacial score (nSPS) is 10.2. The van der Waals surface area contributed by atoms with Gasteiger partial charge in [-0.25, -0.2) is 9.59 Å². The first-order chi connectivity index (χ1) is 11.7. The molecule has 7 heteroatoms. The van der Waals surface area contributed by atoms with Crippen molar-refractivity contribution in [1.29, 1.82) is 0 Å². The number of aromatic hydroxyl groups is 2. The van der Waals surface area contributed by atoms with Crippen LogP contribution in [-0.2, 0) is 4.74 Å². The number of para-hydroxylation sites is 2. The van der Waals surface area contributed by atoms with E-state index in [0.717, 1.165) is 0 Å². The van der Waals surface area contributed by atoms with Crippen molar-refractivity contribution >= 4 is 23.5 Å². The third-order valence-electron chi connectivity index (χ3n) is 3.46. The predicted molar refractivity (Wildman–Crippen MR) is 86.0 cm³/mol. The molecule has 0 radical (unpaired) electrons. The predicted octanol–water partition coefficient (Wildman–Crippen LogP) is 2.50. The lowest BCUT2D eigenvalue weighted by atomic mass is 10.1. The quantitative estimate of drug-likeness (QED) is 0.498. The summed E-state index contributed by atoms with van der Waals surface area (Å²) in [7, 11) is 0. The molecule has 0 aliphatic rings. The number of phenolic OH excluding ortho intramolecular Hbond substituents is 2. The smallest absolute Gasteiger partial charge is 0.349 e. The maximum atomic E-state index is 12.1. The molecule has 128 valence electrons. The molecule has 0 heterocycles. The first kappa shape index (κ1) is 17.9. The number of hydrogen-bond donors (Lipinski definition) is 2. The van der Waals surface area contributed by atoms with E-state index in [2.05, 4.69) is 4.74 Å². The van der Waals surface area contributed by atoms with E-state index in [0.29, 0.717) is 0 Å². The van der Waals surface area contributed by atoms with Gasteiger partial charge in [-0.3, -0.25) is 9.59 Å². The molecule has 0 saturated carbocycles. The highest BCUT2D eigenvalue weighted by Gasteiger charge is 2.24. The molecule has 2 rings (SSSR count). The highest BCUT2D eigenvalue weighted by molar-refractivity contribution is 6.08. The van der Waals surface area contributed by atoms with E-state index >= 15 is 0 Å². The number of carbonyl (C=O) groups is 4. The summed E-state index contributed by atoms with van der Waals surface area (Å²) in [4.78, 5) is 47.0. The number of phenols is 2. The number of hydrogen-bond acceptors (Lipinski definition) is 7. The summed E-state index contributed by atoms with van der Waals surface area (Å²) < 4.78 is 4.63. The summed E-state index contributed by atoms with van der Waals surface area (Å²) in [6, 6.07) is 7.71. The molecule has 0 spiro atoms. The minimum Gasteiger partial charge on any atom is -0.506 e. The van der Waals surface area contributed by atoms with Crippen molar-refractivity contribution in [2.45, 2.75) is 13.8 Å². The molecule has 0 aliphatic heterocycles. The average molecular weight is 342 g/mol. The van der Waals surface area contributed by atoms with E-state index in [1.807, 2.05) is 0 Å². The van der Waals surface area contributed by atoms with Gasteiger partial charge in [0.2, 0.25) is 0 Å². The van der Waals surface area contributed by atoms with Crippen molar-refractivity contribution < 1.29 is 34.1 Å². The summed E-state index contributed by atoms with van der Waals surface area (Å²) >= 11 is 0. The first-order valence-electron chi connectivity index (χ1n) is 7.16. The van der Waals surface area contributed by atoms with Crippen molar-refractivity contribution in [2.24, 2.45) is 0 Å². The highest BCUT2D eigenvalue weighted by atomic mass is 16.6. The monoisotopic (exact) mass is 342 g/mol. The van der Waals surface area contributed by atoms with E-state index in [9.17, 15) is 29.4 Å². The Hall–Kier alpha value is -3.48. The Morgan fingerprint density at radius 1 is 0.680 bits per heavy atom. The SMILES string of the molecule is CC(=O)c1cccc(C(=O)OC(=O)c2cccc(C(C)=O)c2O)c1O. The van der Waals surface area contributed by atoms with Crippen LogP contribution in [0.25, 0.3) is 0 Å². The van der Waals surface area contributed by atoms with Crippen molar-refractivity contribution in [3.05, 3.63) is 58.7 Å². The van der Waals surface area contributed by atoms with Gasteiger partial charge in [0.05, 0.1) is 11.1 Å². The summed E-state index contributed by atoms with van der Waals surface area (Å²) in [5.74, 6) is -4.53. The van der Waals surface area contributed by atoms with Crippen LogP contribution in [0.2, 0.25) is 0 Å². The molecular weight excluding hydrogens is 328 g/mol. The van der Waals surface area contributed by atoms with Crippen molar-refractivity contribution in [2.75, 3.05) is 0 Å². The van der Waals surface area contributed by atoms with Crippen LogP contribution in [0.5, 0.6) is 11.5 Å². The van der Waals surface area contributed by atoms with Gasteiger partial charge in [0.1, 0.15) is 22.6 Å². The van der Waals surface area contributed by atoms with Gasteiger partial charge in [-0.15, -0.1) is 0 Å². The number of rotatable bonds is 4. The lowest BCUT2D eigenvalue weighted by molar-refractivity contribution is 0.0394. The van der Waals surface area contributed by atoms with Gasteiger partial charge >= 0.3 is 11.9 Å². The first-order valence-corrected chi connectivity index (χ1v) is 7.16. The lowest BCUT2D eigenvalue weighted by Gasteiger charge is -2.09. The van der Waals surface area contributed by atoms with Crippen LogP contribution in [0.1, 0.15) is 55.3 Å². The minimum atomic E-state index is -1.20. The average Bonchev–Trinajstić information content (AvgIpc) is 2.54. The molecule has 25 heavy (non-hydrogen) atoms. The molecule has 0 aromatic heterocycles. The van der Waals surface area contributed by atoms with Crippen LogP contribution in [0.15, 0.2) is 36.4 Å². The second-order valence-corrected chi connectivity index (χ2v) is 5.19. The van der Waals surface area contributed by atoms with Crippen LogP contribution in [0, 0.1) is 0 Å². The molecule has 0 bridgehead atoms. The number of ketones is 2. The zero-order valence-corrected chi connectivity index (χ0v) is 13.4. The Bertz CT molecular complexity index is 823. The summed E-state index contributed by atoms with van der Waals surface area (Å²) in [6.07, 6.45) is 0. The van der Waals surface area contributed by atoms with Gasteiger partial charge in [-0.2, -0.15) is 0 Å². The Balaban J connectivity index is 2.32. The van der Waals surface area contributed by atoms with E-state index in [-0.39, 0.29) is 22.3 Å². The van der Waals surface area contributed by atoms with Crippen molar-refractivity contribution in [1.82, 2.24) is 0 Å². The third kappa shape index (κ3) is 3.55. The Labute approximate surface area is 142 Å². The van der Waals surface area contributed by atoms with Gasteiger partial charge < -0.3 is 14.9 Å². The molecule has 2 aromatic carbocycles. The summed E-state index contributed by atoms with van der Waals surface area (Å²) in [6.45, 7) is 2.42. The zero-order valence-electron chi connectivity index (χ0n) is 13.4. The number of ether oxygens (including phenoxy) is 1. The molecule has 0 saturated heterocycles. The molecule has 2 aromatic rings. The Kier molecular flexibility index (Phi) is 4.97. The largest absolute Gasteiger partial charge is 0.506 e. The fraction of sp³-hybridized carbons (Fsp3) is 0.111. The lowest BCUT2D eigenvalue weighted by Crippen LogP contribution is -2.14. The molecule has 0 unspecified atom stereocenters. The number of benzene rings is 2.